The number of anilines is 1. The van der Waals surface area contributed by atoms with E-state index in [-0.39, 0.29) is 35.4 Å². The van der Waals surface area contributed by atoms with E-state index in [2.05, 4.69) is 11.9 Å². The van der Waals surface area contributed by atoms with Crippen LogP contribution in [0.3, 0.4) is 0 Å². The third kappa shape index (κ3) is 5.06. The zero-order valence-electron chi connectivity index (χ0n) is 18.9. The van der Waals surface area contributed by atoms with Crippen molar-refractivity contribution < 1.29 is 27.4 Å². The Bertz CT molecular complexity index is 1380. The van der Waals surface area contributed by atoms with Crippen molar-refractivity contribution in [1.29, 1.82) is 0 Å². The number of ether oxygens (including phenoxy) is 3. The first kappa shape index (κ1) is 24.4. The molecule has 0 unspecified atom stereocenters. The van der Waals surface area contributed by atoms with E-state index in [0.717, 1.165) is 9.87 Å². The van der Waals surface area contributed by atoms with Crippen LogP contribution in [0.15, 0.2) is 78.2 Å². The molecule has 182 valence electrons. The van der Waals surface area contributed by atoms with E-state index in [1.807, 2.05) is 0 Å². The average molecular weight is 515 g/mol. The Morgan fingerprint density at radius 3 is 2.69 bits per heavy atom. The summed E-state index contributed by atoms with van der Waals surface area (Å²) in [6, 6.07) is 16.1. The highest BCUT2D eigenvalue weighted by molar-refractivity contribution is 7.92. The molecule has 0 bridgehead atoms. The van der Waals surface area contributed by atoms with Gasteiger partial charge in [-0.3, -0.25) is 9.10 Å². The molecular formula is C25H23ClN2O6S. The summed E-state index contributed by atoms with van der Waals surface area (Å²) < 4.78 is 44.3. The van der Waals surface area contributed by atoms with Crippen molar-refractivity contribution in [3.05, 3.63) is 89.5 Å². The number of hydrogen-bond donors (Lipinski definition) is 1. The smallest absolute Gasteiger partial charge is 0.264 e. The Morgan fingerprint density at radius 2 is 1.91 bits per heavy atom. The van der Waals surface area contributed by atoms with Crippen LogP contribution in [0, 0.1) is 0 Å². The van der Waals surface area contributed by atoms with Gasteiger partial charge in [0.25, 0.3) is 15.9 Å². The number of hydrogen-bond acceptors (Lipinski definition) is 6. The molecule has 1 amide bonds. The molecule has 3 aromatic carbocycles. The van der Waals surface area contributed by atoms with Crippen LogP contribution < -0.4 is 23.8 Å². The molecule has 0 spiro atoms. The van der Waals surface area contributed by atoms with Crippen LogP contribution >= 0.6 is 11.6 Å². The quantitative estimate of drug-likeness (QED) is 0.426. The van der Waals surface area contributed by atoms with Gasteiger partial charge in [0.1, 0.15) is 5.75 Å². The van der Waals surface area contributed by atoms with Crippen molar-refractivity contribution >= 4 is 33.2 Å². The summed E-state index contributed by atoms with van der Waals surface area (Å²) in [6.45, 7) is 4.01. The highest BCUT2D eigenvalue weighted by atomic mass is 35.5. The predicted molar refractivity (Wildman–Crippen MR) is 133 cm³/mol. The Labute approximate surface area is 208 Å². The topological polar surface area (TPSA) is 94.2 Å². The molecule has 1 aliphatic rings. The van der Waals surface area contributed by atoms with Crippen LogP contribution in [0.25, 0.3) is 0 Å². The molecule has 10 heteroatoms. The number of sulfonamides is 1. The van der Waals surface area contributed by atoms with Gasteiger partial charge in [0, 0.05) is 6.54 Å². The van der Waals surface area contributed by atoms with Crippen molar-refractivity contribution in [3.8, 4) is 17.2 Å². The molecular weight excluding hydrogens is 492 g/mol. The largest absolute Gasteiger partial charge is 0.495 e. The number of nitrogens with zero attached hydrogens (tertiary/aromatic N) is 1. The van der Waals surface area contributed by atoms with Crippen molar-refractivity contribution in [3.63, 3.8) is 0 Å². The molecule has 0 atom stereocenters. The second kappa shape index (κ2) is 10.3. The summed E-state index contributed by atoms with van der Waals surface area (Å²) in [6.07, 6.45) is 1.47. The maximum atomic E-state index is 13.6. The van der Waals surface area contributed by atoms with Crippen molar-refractivity contribution in [2.24, 2.45) is 0 Å². The summed E-state index contributed by atoms with van der Waals surface area (Å²) >= 11 is 6.26. The van der Waals surface area contributed by atoms with Crippen LogP contribution in [0.5, 0.6) is 17.2 Å². The minimum atomic E-state index is -4.08. The highest BCUT2D eigenvalue weighted by Gasteiger charge is 2.28. The second-order valence-electron chi connectivity index (χ2n) is 7.51. The number of nitrogens with one attached hydrogen (secondary N) is 1. The number of halogens is 1. The third-order valence-corrected chi connectivity index (χ3v) is 7.41. The summed E-state index contributed by atoms with van der Waals surface area (Å²) in [7, 11) is -2.62. The van der Waals surface area contributed by atoms with E-state index in [1.165, 1.54) is 31.4 Å². The second-order valence-corrected chi connectivity index (χ2v) is 9.78. The molecule has 1 aliphatic heterocycles. The SMILES string of the molecule is C=CCN(c1ccccc1OC)S(=O)(=O)c1ccc(Cl)c(C(=O)NCc2ccc3c(c2)OCO3)c1. The number of para-hydroxylation sites is 2. The maximum Gasteiger partial charge on any atom is 0.264 e. The third-order valence-electron chi connectivity index (χ3n) is 5.31. The van der Waals surface area contributed by atoms with Crippen LogP contribution in [-0.4, -0.2) is 34.8 Å². The number of carbonyl (C=O) groups is 1. The number of rotatable bonds is 9. The minimum absolute atomic E-state index is 0.00300. The standard InChI is InChI=1S/C25H23ClN2O6S/c1-3-12-28(21-6-4-5-7-22(21)32-2)35(30,31)18-9-10-20(26)19(14-18)25(29)27-15-17-8-11-23-24(13-17)34-16-33-23/h3-11,13-14H,1,12,15-16H2,2H3,(H,27,29). The van der Waals surface area contributed by atoms with Gasteiger partial charge in [-0.15, -0.1) is 6.58 Å². The van der Waals surface area contributed by atoms with Crippen molar-refractivity contribution in [1.82, 2.24) is 5.32 Å². The summed E-state index contributed by atoms with van der Waals surface area (Å²) in [5, 5.41) is 2.89. The minimum Gasteiger partial charge on any atom is -0.495 e. The van der Waals surface area contributed by atoms with Crippen LogP contribution in [-0.2, 0) is 16.6 Å². The number of fused-ring (bicyclic) bond motifs is 1. The lowest BCUT2D eigenvalue weighted by atomic mass is 10.1. The molecule has 35 heavy (non-hydrogen) atoms. The van der Waals surface area contributed by atoms with Gasteiger partial charge in [-0.2, -0.15) is 0 Å². The monoisotopic (exact) mass is 514 g/mol. The Morgan fingerprint density at radius 1 is 1.14 bits per heavy atom. The molecule has 0 aliphatic carbocycles. The van der Waals surface area contributed by atoms with E-state index in [9.17, 15) is 13.2 Å². The number of amides is 1. The molecule has 0 saturated carbocycles. The number of carbonyl (C=O) groups excluding carboxylic acids is 1. The summed E-state index contributed by atoms with van der Waals surface area (Å²) in [4.78, 5) is 12.8. The first-order valence-electron chi connectivity index (χ1n) is 10.6. The van der Waals surface area contributed by atoms with Crippen LogP contribution in [0.4, 0.5) is 5.69 Å². The van der Waals surface area contributed by atoms with Crippen LogP contribution in [0.2, 0.25) is 5.02 Å². The molecule has 0 aromatic heterocycles. The van der Waals surface area contributed by atoms with E-state index in [0.29, 0.717) is 22.9 Å². The van der Waals surface area contributed by atoms with Gasteiger partial charge >= 0.3 is 0 Å². The lowest BCUT2D eigenvalue weighted by Gasteiger charge is -2.25. The zero-order valence-corrected chi connectivity index (χ0v) is 20.4. The summed E-state index contributed by atoms with van der Waals surface area (Å²) in [5.41, 5.74) is 1.17. The van der Waals surface area contributed by atoms with E-state index in [1.54, 1.807) is 42.5 Å². The van der Waals surface area contributed by atoms with Gasteiger partial charge in [0.2, 0.25) is 6.79 Å². The fourth-order valence-corrected chi connectivity index (χ4v) is 5.25. The fraction of sp³-hybridized carbons (Fsp3) is 0.160. The molecule has 4 rings (SSSR count). The zero-order chi connectivity index (χ0) is 25.0. The number of methoxy groups -OCH3 is 1. The van der Waals surface area contributed by atoms with Gasteiger partial charge in [0.15, 0.2) is 11.5 Å². The highest BCUT2D eigenvalue weighted by Crippen LogP contribution is 2.34. The van der Waals surface area contributed by atoms with E-state index in [4.69, 9.17) is 25.8 Å². The van der Waals surface area contributed by atoms with Gasteiger partial charge in [-0.05, 0) is 48.0 Å². The van der Waals surface area contributed by atoms with Gasteiger partial charge in [-0.1, -0.05) is 35.9 Å². The van der Waals surface area contributed by atoms with Gasteiger partial charge < -0.3 is 19.5 Å². The van der Waals surface area contributed by atoms with Gasteiger partial charge in [-0.25, -0.2) is 8.42 Å². The molecule has 0 saturated heterocycles. The van der Waals surface area contributed by atoms with E-state index >= 15 is 0 Å². The molecule has 1 N–H and O–H groups in total. The molecule has 8 nitrogen and oxygen atoms in total. The lowest BCUT2D eigenvalue weighted by Crippen LogP contribution is -2.32. The van der Waals surface area contributed by atoms with Gasteiger partial charge in [0.05, 0.1) is 34.8 Å². The fourth-order valence-electron chi connectivity index (χ4n) is 3.57. The predicted octanol–water partition coefficient (Wildman–Crippen LogP) is 4.39. The Kier molecular flexibility index (Phi) is 7.18. The normalized spacial score (nSPS) is 12.2. The first-order chi connectivity index (χ1) is 16.8. The van der Waals surface area contributed by atoms with Crippen LogP contribution in [0.1, 0.15) is 15.9 Å². The molecule has 1 heterocycles. The first-order valence-corrected chi connectivity index (χ1v) is 12.4. The Hall–Kier alpha value is -3.69. The molecule has 3 aromatic rings. The maximum absolute atomic E-state index is 13.6. The summed E-state index contributed by atoms with van der Waals surface area (Å²) in [5.74, 6) is 1.10. The molecule has 0 fully saturated rings. The average Bonchev–Trinajstić information content (AvgIpc) is 3.34. The Balaban J connectivity index is 1.60. The molecule has 0 radical (unpaired) electrons. The van der Waals surface area contributed by atoms with Crippen molar-refractivity contribution in [2.75, 3.05) is 24.8 Å². The number of benzene rings is 3. The lowest BCUT2D eigenvalue weighted by molar-refractivity contribution is 0.0950. The van der Waals surface area contributed by atoms with Crippen molar-refractivity contribution in [2.45, 2.75) is 11.4 Å². The van der Waals surface area contributed by atoms with E-state index < -0.39 is 15.9 Å².